The monoisotopic (exact) mass is 261 g/mol. The molecule has 1 aliphatic carbocycles. The van der Waals surface area contributed by atoms with Crippen LogP contribution in [0.2, 0.25) is 0 Å². The maximum Gasteiger partial charge on any atom is 0.0680 e. The van der Waals surface area contributed by atoms with Gasteiger partial charge >= 0.3 is 0 Å². The maximum atomic E-state index is 5.70. The van der Waals surface area contributed by atoms with Crippen molar-refractivity contribution in [3.63, 3.8) is 0 Å². The Bertz CT molecular complexity index is 454. The third-order valence-corrected chi connectivity index (χ3v) is 5.59. The molecule has 0 aromatic carbocycles. The van der Waals surface area contributed by atoms with E-state index in [9.17, 15) is 0 Å². The number of methoxy groups -OCH3 is 1. The summed E-state index contributed by atoms with van der Waals surface area (Å²) in [6.07, 6.45) is 8.71. The van der Waals surface area contributed by atoms with Crippen molar-refractivity contribution in [1.82, 2.24) is 4.90 Å². The van der Waals surface area contributed by atoms with Gasteiger partial charge in [-0.15, -0.1) is 0 Å². The van der Waals surface area contributed by atoms with Crippen molar-refractivity contribution in [3.05, 3.63) is 22.8 Å². The van der Waals surface area contributed by atoms with E-state index in [1.54, 1.807) is 16.7 Å². The molecule has 0 radical (unpaired) electrons. The molecule has 0 saturated carbocycles. The highest BCUT2D eigenvalue weighted by atomic mass is 16.5. The lowest BCUT2D eigenvalue weighted by molar-refractivity contribution is 0.0339. The molecule has 1 spiro atoms. The molecule has 104 valence electrons. The van der Waals surface area contributed by atoms with E-state index >= 15 is 0 Å². The van der Waals surface area contributed by atoms with Gasteiger partial charge in [0.05, 0.1) is 24.9 Å². The Morgan fingerprint density at radius 2 is 2.21 bits per heavy atom. The molecule has 3 heterocycles. The van der Waals surface area contributed by atoms with Gasteiger partial charge in [-0.3, -0.25) is 4.90 Å². The molecule has 4 rings (SSSR count). The summed E-state index contributed by atoms with van der Waals surface area (Å²) in [7, 11) is 1.86. The molecule has 1 fully saturated rings. The standard InChI is InChI=1S/C16H23NO2/c1-18-14-3-2-13-5-8-17-7-4-12-11-19-9-6-15(12)16(13,17)10-14/h2,14H,3-11H2,1H3/t14-,16-/m0/s1. The molecule has 0 N–H and O–H groups in total. The highest BCUT2D eigenvalue weighted by molar-refractivity contribution is 5.46. The Labute approximate surface area is 115 Å². The van der Waals surface area contributed by atoms with Crippen LogP contribution in [0.3, 0.4) is 0 Å². The van der Waals surface area contributed by atoms with Gasteiger partial charge in [0.15, 0.2) is 0 Å². The van der Waals surface area contributed by atoms with Crippen molar-refractivity contribution in [3.8, 4) is 0 Å². The molecule has 0 bridgehead atoms. The quantitative estimate of drug-likeness (QED) is 0.676. The van der Waals surface area contributed by atoms with Crippen molar-refractivity contribution >= 4 is 0 Å². The number of ether oxygens (including phenoxy) is 2. The van der Waals surface area contributed by atoms with Gasteiger partial charge < -0.3 is 9.47 Å². The first-order valence-electron chi connectivity index (χ1n) is 7.61. The van der Waals surface area contributed by atoms with Gasteiger partial charge in [0.25, 0.3) is 0 Å². The Balaban J connectivity index is 1.83. The summed E-state index contributed by atoms with van der Waals surface area (Å²) >= 11 is 0. The number of hydrogen-bond donors (Lipinski definition) is 0. The minimum atomic E-state index is 0.219. The highest BCUT2D eigenvalue weighted by Gasteiger charge is 2.52. The molecular weight excluding hydrogens is 238 g/mol. The summed E-state index contributed by atoms with van der Waals surface area (Å²) in [5.74, 6) is 0. The largest absolute Gasteiger partial charge is 0.381 e. The van der Waals surface area contributed by atoms with Crippen molar-refractivity contribution in [2.24, 2.45) is 0 Å². The fourth-order valence-corrected chi connectivity index (χ4v) is 4.69. The van der Waals surface area contributed by atoms with Crippen LogP contribution in [0.5, 0.6) is 0 Å². The lowest BCUT2D eigenvalue weighted by Gasteiger charge is -2.50. The normalized spacial score (nSPS) is 38.6. The molecule has 4 aliphatic rings. The van der Waals surface area contributed by atoms with Gasteiger partial charge in [-0.25, -0.2) is 0 Å². The molecule has 0 amide bonds. The Morgan fingerprint density at radius 1 is 1.32 bits per heavy atom. The molecule has 3 aliphatic heterocycles. The number of rotatable bonds is 1. The molecule has 0 aromatic heterocycles. The zero-order valence-corrected chi connectivity index (χ0v) is 11.8. The zero-order chi connectivity index (χ0) is 12.9. The number of nitrogens with zero attached hydrogens (tertiary/aromatic N) is 1. The van der Waals surface area contributed by atoms with E-state index in [0.29, 0.717) is 6.10 Å². The summed E-state index contributed by atoms with van der Waals surface area (Å²) in [5, 5.41) is 0. The predicted octanol–water partition coefficient (Wildman–Crippen LogP) is 2.29. The van der Waals surface area contributed by atoms with E-state index in [1.165, 1.54) is 25.9 Å². The van der Waals surface area contributed by atoms with Gasteiger partial charge in [0.2, 0.25) is 0 Å². The van der Waals surface area contributed by atoms with Crippen LogP contribution in [0.25, 0.3) is 0 Å². The maximum absolute atomic E-state index is 5.70. The predicted molar refractivity (Wildman–Crippen MR) is 74.1 cm³/mol. The van der Waals surface area contributed by atoms with Crippen LogP contribution < -0.4 is 0 Å². The SMILES string of the molecule is CO[C@H]1CC=C2CCN3CCC4=C(CCOC4)[C@]23C1. The molecular formula is C16H23NO2. The van der Waals surface area contributed by atoms with Gasteiger partial charge in [0, 0.05) is 20.2 Å². The van der Waals surface area contributed by atoms with Crippen LogP contribution in [-0.4, -0.2) is 50.0 Å². The van der Waals surface area contributed by atoms with E-state index in [-0.39, 0.29) is 5.54 Å². The van der Waals surface area contributed by atoms with Crippen LogP contribution in [0.4, 0.5) is 0 Å². The second-order valence-electron chi connectivity index (χ2n) is 6.26. The molecule has 3 heteroatoms. The topological polar surface area (TPSA) is 21.7 Å². The fraction of sp³-hybridized carbons (Fsp3) is 0.750. The average molecular weight is 261 g/mol. The van der Waals surface area contributed by atoms with Gasteiger partial charge in [0.1, 0.15) is 0 Å². The summed E-state index contributed by atoms with van der Waals surface area (Å²) in [4.78, 5) is 2.73. The average Bonchev–Trinajstić information content (AvgIpc) is 2.86. The Kier molecular flexibility index (Phi) is 2.83. The molecule has 19 heavy (non-hydrogen) atoms. The highest BCUT2D eigenvalue weighted by Crippen LogP contribution is 2.52. The van der Waals surface area contributed by atoms with E-state index in [0.717, 1.165) is 32.5 Å². The van der Waals surface area contributed by atoms with Crippen LogP contribution in [0, 0.1) is 0 Å². The Morgan fingerprint density at radius 3 is 3.11 bits per heavy atom. The van der Waals surface area contributed by atoms with Crippen LogP contribution in [-0.2, 0) is 9.47 Å². The van der Waals surface area contributed by atoms with Gasteiger partial charge in [-0.1, -0.05) is 6.08 Å². The Hall–Kier alpha value is -0.640. The molecule has 0 aromatic rings. The third kappa shape index (κ3) is 1.61. The second-order valence-corrected chi connectivity index (χ2v) is 6.26. The first kappa shape index (κ1) is 12.1. The van der Waals surface area contributed by atoms with Crippen LogP contribution in [0.1, 0.15) is 32.1 Å². The lowest BCUT2D eigenvalue weighted by atomic mass is 9.69. The van der Waals surface area contributed by atoms with E-state index in [2.05, 4.69) is 11.0 Å². The second kappa shape index (κ2) is 4.44. The van der Waals surface area contributed by atoms with E-state index < -0.39 is 0 Å². The van der Waals surface area contributed by atoms with Gasteiger partial charge in [-0.2, -0.15) is 0 Å². The smallest absolute Gasteiger partial charge is 0.0680 e. The summed E-state index contributed by atoms with van der Waals surface area (Å²) < 4.78 is 11.4. The molecule has 2 atom stereocenters. The number of hydrogen-bond acceptors (Lipinski definition) is 3. The van der Waals surface area contributed by atoms with Crippen LogP contribution in [0.15, 0.2) is 22.8 Å². The summed E-state index contributed by atoms with van der Waals surface area (Å²) in [5.41, 5.74) is 5.17. The molecule has 1 saturated heterocycles. The van der Waals surface area contributed by atoms with Crippen molar-refractivity contribution < 1.29 is 9.47 Å². The summed E-state index contributed by atoms with van der Waals surface area (Å²) in [6, 6.07) is 0. The van der Waals surface area contributed by atoms with Crippen LogP contribution >= 0.6 is 0 Å². The van der Waals surface area contributed by atoms with Gasteiger partial charge in [-0.05, 0) is 48.8 Å². The molecule has 3 nitrogen and oxygen atoms in total. The lowest BCUT2D eigenvalue weighted by Crippen LogP contribution is -2.54. The zero-order valence-electron chi connectivity index (χ0n) is 11.8. The van der Waals surface area contributed by atoms with Crippen molar-refractivity contribution in [2.45, 2.75) is 43.7 Å². The van der Waals surface area contributed by atoms with E-state index in [1.807, 2.05) is 7.11 Å². The first-order chi connectivity index (χ1) is 9.34. The minimum absolute atomic E-state index is 0.219. The minimum Gasteiger partial charge on any atom is -0.381 e. The van der Waals surface area contributed by atoms with Crippen molar-refractivity contribution in [2.75, 3.05) is 33.4 Å². The van der Waals surface area contributed by atoms with E-state index in [4.69, 9.17) is 9.47 Å². The first-order valence-corrected chi connectivity index (χ1v) is 7.61. The third-order valence-electron chi connectivity index (χ3n) is 5.59. The summed E-state index contributed by atoms with van der Waals surface area (Å²) in [6.45, 7) is 4.21. The van der Waals surface area contributed by atoms with Crippen molar-refractivity contribution in [1.29, 1.82) is 0 Å². The fourth-order valence-electron chi connectivity index (χ4n) is 4.69. The molecule has 0 unspecified atom stereocenters.